The lowest BCUT2D eigenvalue weighted by Crippen LogP contribution is -2.16. The summed E-state index contributed by atoms with van der Waals surface area (Å²) in [7, 11) is 0. The Balaban J connectivity index is 1.96. The first-order valence-electron chi connectivity index (χ1n) is 6.12. The van der Waals surface area contributed by atoms with Gasteiger partial charge in [-0.05, 0) is 25.1 Å². The summed E-state index contributed by atoms with van der Waals surface area (Å²) >= 11 is 0. The number of nitrogens with zero attached hydrogens (tertiary/aromatic N) is 1. The van der Waals surface area contributed by atoms with Gasteiger partial charge in [0, 0.05) is 17.7 Å². The first-order valence-corrected chi connectivity index (χ1v) is 6.12. The number of aryl methyl sites for hydroxylation is 1. The number of nitrogens with one attached hydrogen (secondary N) is 1. The topological polar surface area (TPSA) is 83.8 Å². The number of benzene rings is 1. The number of hydrogen-bond donors (Lipinski definition) is 3. The van der Waals surface area contributed by atoms with Crippen molar-refractivity contribution in [2.75, 3.05) is 0 Å². The van der Waals surface area contributed by atoms with E-state index in [0.29, 0.717) is 24.2 Å². The number of halogens is 1. The van der Waals surface area contributed by atoms with Gasteiger partial charge in [0.05, 0.1) is 6.54 Å². The van der Waals surface area contributed by atoms with Gasteiger partial charge >= 0.3 is 0 Å². The standard InChI is InChI=1S/C14H16FN3O2/c1-9-2-5-12(20-9)8-17-7-11-4-3-10(6-13(11)15)14(16)18-19/h2-6,17,19H,7-8H2,1H3,(H2,16,18). The zero-order chi connectivity index (χ0) is 14.5. The van der Waals surface area contributed by atoms with E-state index in [1.54, 1.807) is 12.1 Å². The summed E-state index contributed by atoms with van der Waals surface area (Å²) in [4.78, 5) is 0. The Bertz CT molecular complexity index is 623. The molecule has 20 heavy (non-hydrogen) atoms. The first kappa shape index (κ1) is 14.1. The van der Waals surface area contributed by atoms with Crippen LogP contribution in [0.5, 0.6) is 0 Å². The monoisotopic (exact) mass is 277 g/mol. The minimum Gasteiger partial charge on any atom is -0.465 e. The van der Waals surface area contributed by atoms with Crippen molar-refractivity contribution in [3.05, 3.63) is 58.8 Å². The average Bonchev–Trinajstić information content (AvgIpc) is 2.85. The average molecular weight is 277 g/mol. The Morgan fingerprint density at radius 2 is 2.15 bits per heavy atom. The van der Waals surface area contributed by atoms with Gasteiger partial charge in [0.2, 0.25) is 0 Å². The van der Waals surface area contributed by atoms with Gasteiger partial charge in [0.25, 0.3) is 0 Å². The van der Waals surface area contributed by atoms with Crippen LogP contribution in [0.2, 0.25) is 0 Å². The van der Waals surface area contributed by atoms with Gasteiger partial charge in [-0.25, -0.2) is 4.39 Å². The molecular weight excluding hydrogens is 261 g/mol. The Morgan fingerprint density at radius 1 is 1.35 bits per heavy atom. The van der Waals surface area contributed by atoms with E-state index >= 15 is 0 Å². The molecule has 1 aromatic carbocycles. The van der Waals surface area contributed by atoms with E-state index in [9.17, 15) is 4.39 Å². The van der Waals surface area contributed by atoms with E-state index in [0.717, 1.165) is 11.5 Å². The zero-order valence-corrected chi connectivity index (χ0v) is 11.1. The molecule has 0 radical (unpaired) electrons. The third kappa shape index (κ3) is 3.36. The second-order valence-electron chi connectivity index (χ2n) is 4.41. The minimum atomic E-state index is -0.405. The lowest BCUT2D eigenvalue weighted by molar-refractivity contribution is 0.318. The highest BCUT2D eigenvalue weighted by atomic mass is 19.1. The lowest BCUT2D eigenvalue weighted by Gasteiger charge is -2.06. The van der Waals surface area contributed by atoms with Crippen LogP contribution < -0.4 is 11.1 Å². The van der Waals surface area contributed by atoms with Gasteiger partial charge in [-0.2, -0.15) is 0 Å². The van der Waals surface area contributed by atoms with Crippen LogP contribution >= 0.6 is 0 Å². The van der Waals surface area contributed by atoms with Crippen LogP contribution in [0.1, 0.15) is 22.6 Å². The molecule has 106 valence electrons. The van der Waals surface area contributed by atoms with Crippen molar-refractivity contribution >= 4 is 5.84 Å². The Morgan fingerprint density at radius 3 is 2.75 bits per heavy atom. The summed E-state index contributed by atoms with van der Waals surface area (Å²) in [5.41, 5.74) is 6.24. The molecular formula is C14H16FN3O2. The first-order chi connectivity index (χ1) is 9.60. The van der Waals surface area contributed by atoms with Crippen molar-refractivity contribution in [1.82, 2.24) is 5.32 Å². The van der Waals surface area contributed by atoms with Gasteiger partial charge < -0.3 is 20.7 Å². The van der Waals surface area contributed by atoms with Crippen LogP contribution in [0.15, 0.2) is 39.9 Å². The third-order valence-electron chi connectivity index (χ3n) is 2.87. The minimum absolute atomic E-state index is 0.116. The molecule has 2 aromatic rings. The number of oxime groups is 1. The molecule has 1 heterocycles. The van der Waals surface area contributed by atoms with Crippen LogP contribution in [-0.2, 0) is 13.1 Å². The zero-order valence-electron chi connectivity index (χ0n) is 11.1. The van der Waals surface area contributed by atoms with Crippen LogP contribution in [0.4, 0.5) is 4.39 Å². The summed E-state index contributed by atoms with van der Waals surface area (Å²) in [6.07, 6.45) is 0. The number of amidine groups is 1. The van der Waals surface area contributed by atoms with Crippen molar-refractivity contribution in [3.8, 4) is 0 Å². The van der Waals surface area contributed by atoms with E-state index < -0.39 is 5.82 Å². The normalized spacial score (nSPS) is 11.8. The summed E-state index contributed by atoms with van der Waals surface area (Å²) in [6.45, 7) is 2.76. The Labute approximate surface area is 115 Å². The fourth-order valence-electron chi connectivity index (χ4n) is 1.81. The molecule has 0 bridgehead atoms. The molecule has 0 unspecified atom stereocenters. The molecule has 0 amide bonds. The van der Waals surface area contributed by atoms with Gasteiger partial charge in [-0.1, -0.05) is 17.3 Å². The van der Waals surface area contributed by atoms with E-state index in [1.807, 2.05) is 19.1 Å². The lowest BCUT2D eigenvalue weighted by atomic mass is 10.1. The van der Waals surface area contributed by atoms with Gasteiger partial charge in [0.15, 0.2) is 5.84 Å². The summed E-state index contributed by atoms with van der Waals surface area (Å²) in [6, 6.07) is 8.20. The number of nitrogens with two attached hydrogens (primary N) is 1. The van der Waals surface area contributed by atoms with E-state index in [1.165, 1.54) is 6.07 Å². The third-order valence-corrected chi connectivity index (χ3v) is 2.87. The molecule has 1 aromatic heterocycles. The molecule has 5 nitrogen and oxygen atoms in total. The highest BCUT2D eigenvalue weighted by Crippen LogP contribution is 2.11. The van der Waals surface area contributed by atoms with Crippen molar-refractivity contribution in [2.24, 2.45) is 10.9 Å². The van der Waals surface area contributed by atoms with E-state index in [4.69, 9.17) is 15.4 Å². The smallest absolute Gasteiger partial charge is 0.170 e. The Hall–Kier alpha value is -2.34. The van der Waals surface area contributed by atoms with Crippen LogP contribution in [0, 0.1) is 12.7 Å². The maximum absolute atomic E-state index is 13.8. The van der Waals surface area contributed by atoms with E-state index in [2.05, 4.69) is 10.5 Å². The number of rotatable bonds is 5. The molecule has 0 fully saturated rings. The molecule has 0 spiro atoms. The maximum Gasteiger partial charge on any atom is 0.170 e. The van der Waals surface area contributed by atoms with Gasteiger partial charge in [-0.15, -0.1) is 0 Å². The molecule has 0 atom stereocenters. The van der Waals surface area contributed by atoms with Gasteiger partial charge in [-0.3, -0.25) is 0 Å². The van der Waals surface area contributed by atoms with Crippen LogP contribution in [0.3, 0.4) is 0 Å². The predicted molar refractivity (Wildman–Crippen MR) is 72.9 cm³/mol. The van der Waals surface area contributed by atoms with Crippen molar-refractivity contribution < 1.29 is 14.0 Å². The van der Waals surface area contributed by atoms with Crippen molar-refractivity contribution in [1.29, 1.82) is 0 Å². The summed E-state index contributed by atoms with van der Waals surface area (Å²) < 4.78 is 19.2. The molecule has 6 heteroatoms. The molecule has 0 saturated heterocycles. The number of furan rings is 1. The molecule has 0 aliphatic carbocycles. The fraction of sp³-hybridized carbons (Fsp3) is 0.214. The quantitative estimate of drug-likeness (QED) is 0.338. The summed E-state index contributed by atoms with van der Waals surface area (Å²) in [5.74, 6) is 1.12. The fourth-order valence-corrected chi connectivity index (χ4v) is 1.81. The summed E-state index contributed by atoms with van der Waals surface area (Å²) in [5, 5.41) is 14.5. The van der Waals surface area contributed by atoms with Crippen molar-refractivity contribution in [2.45, 2.75) is 20.0 Å². The molecule has 0 aliphatic heterocycles. The van der Waals surface area contributed by atoms with E-state index in [-0.39, 0.29) is 5.84 Å². The highest BCUT2D eigenvalue weighted by Gasteiger charge is 2.06. The molecule has 0 aliphatic rings. The molecule has 0 saturated carbocycles. The van der Waals surface area contributed by atoms with Gasteiger partial charge in [0.1, 0.15) is 17.3 Å². The maximum atomic E-state index is 13.8. The molecule has 4 N–H and O–H groups in total. The predicted octanol–water partition coefficient (Wildman–Crippen LogP) is 2.11. The largest absolute Gasteiger partial charge is 0.465 e. The second kappa shape index (κ2) is 6.21. The Kier molecular flexibility index (Phi) is 4.37. The van der Waals surface area contributed by atoms with Crippen LogP contribution in [0.25, 0.3) is 0 Å². The highest BCUT2D eigenvalue weighted by molar-refractivity contribution is 5.97. The SMILES string of the molecule is Cc1ccc(CNCc2ccc(C(N)=NO)cc2F)o1. The second-order valence-corrected chi connectivity index (χ2v) is 4.41. The van der Waals surface area contributed by atoms with Crippen molar-refractivity contribution in [3.63, 3.8) is 0 Å². The van der Waals surface area contributed by atoms with Crippen LogP contribution in [-0.4, -0.2) is 11.0 Å². The molecule has 2 rings (SSSR count). The number of hydrogen-bond acceptors (Lipinski definition) is 4.